The highest BCUT2D eigenvalue weighted by molar-refractivity contribution is 7.19. The van der Waals surface area contributed by atoms with Gasteiger partial charge in [0.1, 0.15) is 23.1 Å². The Hall–Kier alpha value is -3.04. The number of aliphatic hydroxyl groups excluding tert-OH is 1. The molecule has 4 aromatic rings. The fourth-order valence-electron chi connectivity index (χ4n) is 4.00. The first-order valence-corrected chi connectivity index (χ1v) is 10.8. The van der Waals surface area contributed by atoms with Gasteiger partial charge < -0.3 is 15.7 Å². The fraction of sp³-hybridized carbons (Fsp3) is 0.333. The number of fused-ring (bicyclic) bond motifs is 4. The molecule has 1 aliphatic rings. The number of thiophene rings is 1. The molecule has 1 aromatic carbocycles. The molecule has 0 radical (unpaired) electrons. The summed E-state index contributed by atoms with van der Waals surface area (Å²) in [4.78, 5) is 23.0. The van der Waals surface area contributed by atoms with Crippen LogP contribution in [0.15, 0.2) is 30.7 Å². The Bertz CT molecular complexity index is 1230. The number of H-pyrrole nitrogens is 1. The number of anilines is 2. The zero-order chi connectivity index (χ0) is 20.7. The normalized spacial score (nSPS) is 17.1. The number of nitrogens with one attached hydrogen (secondary N) is 3. The third kappa shape index (κ3) is 3.50. The second kappa shape index (κ2) is 7.66. The Morgan fingerprint density at radius 2 is 2.30 bits per heavy atom. The quantitative estimate of drug-likeness (QED) is 0.393. The van der Waals surface area contributed by atoms with Crippen molar-refractivity contribution in [3.8, 4) is 0 Å². The van der Waals surface area contributed by atoms with E-state index in [0.29, 0.717) is 12.5 Å². The first-order chi connectivity index (χ1) is 14.6. The van der Waals surface area contributed by atoms with Gasteiger partial charge in [0.25, 0.3) is 0 Å². The van der Waals surface area contributed by atoms with Gasteiger partial charge in [-0.25, -0.2) is 9.97 Å². The molecular weight excluding hydrogens is 400 g/mol. The third-order valence-electron chi connectivity index (χ3n) is 5.59. The summed E-state index contributed by atoms with van der Waals surface area (Å²) in [6.45, 7) is 2.07. The van der Waals surface area contributed by atoms with E-state index < -0.39 is 6.10 Å². The topological polar surface area (TPSA) is 116 Å². The van der Waals surface area contributed by atoms with Crippen LogP contribution in [0, 0.1) is 5.92 Å². The van der Waals surface area contributed by atoms with Crippen molar-refractivity contribution in [1.82, 2.24) is 25.5 Å². The summed E-state index contributed by atoms with van der Waals surface area (Å²) in [6, 6.07) is 6.05. The summed E-state index contributed by atoms with van der Waals surface area (Å²) in [5.41, 5.74) is 3.26. The van der Waals surface area contributed by atoms with Crippen molar-refractivity contribution in [3.63, 3.8) is 0 Å². The third-order valence-corrected chi connectivity index (χ3v) is 6.76. The van der Waals surface area contributed by atoms with Gasteiger partial charge in [0.05, 0.1) is 17.1 Å². The molecule has 0 saturated heterocycles. The fourth-order valence-corrected chi connectivity index (χ4v) is 5.30. The van der Waals surface area contributed by atoms with E-state index in [1.54, 1.807) is 23.9 Å². The molecule has 0 bridgehead atoms. The van der Waals surface area contributed by atoms with Crippen molar-refractivity contribution in [2.24, 2.45) is 5.92 Å². The molecule has 2 atom stereocenters. The minimum atomic E-state index is -0.973. The predicted octanol–water partition coefficient (Wildman–Crippen LogP) is 2.91. The molecule has 3 aromatic heterocycles. The number of aromatic amines is 1. The van der Waals surface area contributed by atoms with Gasteiger partial charge >= 0.3 is 0 Å². The molecule has 4 N–H and O–H groups in total. The van der Waals surface area contributed by atoms with Crippen LogP contribution in [0.25, 0.3) is 21.1 Å². The molecule has 154 valence electrons. The summed E-state index contributed by atoms with van der Waals surface area (Å²) in [5, 5.41) is 24.8. The van der Waals surface area contributed by atoms with Crippen molar-refractivity contribution in [2.75, 3.05) is 11.9 Å². The lowest BCUT2D eigenvalue weighted by atomic mass is 9.87. The van der Waals surface area contributed by atoms with Gasteiger partial charge in [-0.15, -0.1) is 11.3 Å². The molecular formula is C21H22N6O2S. The van der Waals surface area contributed by atoms with Gasteiger partial charge in [-0.2, -0.15) is 5.10 Å². The maximum absolute atomic E-state index is 11.7. The number of carbonyl (C=O) groups is 1. The van der Waals surface area contributed by atoms with E-state index in [1.807, 2.05) is 18.2 Å². The predicted molar refractivity (Wildman–Crippen MR) is 117 cm³/mol. The molecule has 1 amide bonds. The summed E-state index contributed by atoms with van der Waals surface area (Å²) in [7, 11) is 0. The number of benzene rings is 1. The minimum Gasteiger partial charge on any atom is -0.384 e. The summed E-state index contributed by atoms with van der Waals surface area (Å²) in [6.07, 6.45) is 5.24. The van der Waals surface area contributed by atoms with Gasteiger partial charge in [-0.05, 0) is 55.9 Å². The second-order valence-corrected chi connectivity index (χ2v) is 8.82. The molecule has 9 heteroatoms. The average Bonchev–Trinajstić information content (AvgIpc) is 3.35. The van der Waals surface area contributed by atoms with Crippen LogP contribution in [-0.2, 0) is 17.6 Å². The van der Waals surface area contributed by atoms with E-state index in [1.165, 1.54) is 17.4 Å². The molecule has 1 aliphatic carbocycles. The number of aliphatic hydroxyl groups is 1. The lowest BCUT2D eigenvalue weighted by Gasteiger charge is -2.23. The van der Waals surface area contributed by atoms with Gasteiger partial charge in [0.15, 0.2) is 0 Å². The highest BCUT2D eigenvalue weighted by Crippen LogP contribution is 2.40. The molecule has 0 fully saturated rings. The van der Waals surface area contributed by atoms with E-state index in [-0.39, 0.29) is 5.91 Å². The zero-order valence-electron chi connectivity index (χ0n) is 16.5. The highest BCUT2D eigenvalue weighted by atomic mass is 32.1. The summed E-state index contributed by atoms with van der Waals surface area (Å²) in [5.74, 6) is 0.867. The lowest BCUT2D eigenvalue weighted by molar-refractivity contribution is -0.128. The van der Waals surface area contributed by atoms with Crippen LogP contribution in [0.3, 0.4) is 0 Å². The molecule has 0 aliphatic heterocycles. The first-order valence-electron chi connectivity index (χ1n) is 9.99. The van der Waals surface area contributed by atoms with Gasteiger partial charge in [-0.3, -0.25) is 9.89 Å². The van der Waals surface area contributed by atoms with Gasteiger partial charge in [0.2, 0.25) is 5.91 Å². The molecule has 5 rings (SSSR count). The van der Waals surface area contributed by atoms with Crippen molar-refractivity contribution in [3.05, 3.63) is 41.2 Å². The smallest absolute Gasteiger partial charge is 0.248 e. The van der Waals surface area contributed by atoms with Crippen LogP contribution in [0.2, 0.25) is 0 Å². The monoisotopic (exact) mass is 422 g/mol. The average molecular weight is 423 g/mol. The molecule has 8 nitrogen and oxygen atoms in total. The maximum Gasteiger partial charge on any atom is 0.248 e. The SMILES string of the molecule is CC(O)C(=O)NCC1CCc2c(sc3ncnc(Nc4ccc5[nH]ncc5c4)c23)C1. The Morgan fingerprint density at radius 1 is 1.40 bits per heavy atom. The standard InChI is InChI=1S/C21H22N6O2S/c1-11(28)20(29)22-8-12-2-4-15-17(6-12)30-21-18(15)19(23-10-24-21)26-14-3-5-16-13(7-14)9-25-27-16/h3,5,7,9-12,28H,2,4,6,8H2,1H3,(H,22,29)(H,25,27)(H,23,24,26). The van der Waals surface area contributed by atoms with E-state index in [0.717, 1.165) is 51.9 Å². The Kier molecular flexibility index (Phi) is 4.84. The number of nitrogens with zero attached hydrogens (tertiary/aromatic N) is 3. The van der Waals surface area contributed by atoms with Crippen LogP contribution in [0.5, 0.6) is 0 Å². The summed E-state index contributed by atoms with van der Waals surface area (Å²) >= 11 is 1.70. The van der Waals surface area contributed by atoms with Crippen molar-refractivity contribution >= 4 is 49.9 Å². The molecule has 0 spiro atoms. The van der Waals surface area contributed by atoms with Crippen LogP contribution >= 0.6 is 11.3 Å². The van der Waals surface area contributed by atoms with Crippen LogP contribution in [0.1, 0.15) is 23.8 Å². The first kappa shape index (κ1) is 19.0. The van der Waals surface area contributed by atoms with Crippen LogP contribution < -0.4 is 10.6 Å². The molecule has 2 unspecified atom stereocenters. The van der Waals surface area contributed by atoms with Gasteiger partial charge in [0, 0.05) is 22.5 Å². The molecule has 3 heterocycles. The van der Waals surface area contributed by atoms with E-state index in [9.17, 15) is 9.90 Å². The Labute approximate surface area is 176 Å². The number of hydrogen-bond donors (Lipinski definition) is 4. The number of amides is 1. The van der Waals surface area contributed by atoms with Gasteiger partial charge in [-0.1, -0.05) is 0 Å². The molecule has 30 heavy (non-hydrogen) atoms. The van der Waals surface area contributed by atoms with E-state index >= 15 is 0 Å². The number of aromatic nitrogens is 4. The zero-order valence-corrected chi connectivity index (χ0v) is 17.3. The van der Waals surface area contributed by atoms with Crippen molar-refractivity contribution < 1.29 is 9.90 Å². The number of rotatable bonds is 5. The van der Waals surface area contributed by atoms with Crippen molar-refractivity contribution in [1.29, 1.82) is 0 Å². The summed E-state index contributed by atoms with van der Waals surface area (Å²) < 4.78 is 0. The maximum atomic E-state index is 11.7. The Morgan fingerprint density at radius 3 is 3.17 bits per heavy atom. The number of hydrogen-bond acceptors (Lipinski definition) is 7. The number of carbonyl (C=O) groups excluding carboxylic acids is 1. The van der Waals surface area contributed by atoms with E-state index in [4.69, 9.17) is 0 Å². The lowest BCUT2D eigenvalue weighted by Crippen LogP contribution is -2.37. The Balaban J connectivity index is 1.40. The van der Waals surface area contributed by atoms with E-state index in [2.05, 4.69) is 30.8 Å². The second-order valence-electron chi connectivity index (χ2n) is 7.73. The van der Waals surface area contributed by atoms with Crippen molar-refractivity contribution in [2.45, 2.75) is 32.3 Å². The van der Waals surface area contributed by atoms with Crippen LogP contribution in [0.4, 0.5) is 11.5 Å². The minimum absolute atomic E-state index is 0.316. The van der Waals surface area contributed by atoms with Crippen LogP contribution in [-0.4, -0.2) is 43.8 Å². The molecule has 0 saturated carbocycles. The number of aryl methyl sites for hydroxylation is 1. The largest absolute Gasteiger partial charge is 0.384 e. The highest BCUT2D eigenvalue weighted by Gasteiger charge is 2.26.